The Morgan fingerprint density at radius 1 is 0.833 bits per heavy atom. The van der Waals surface area contributed by atoms with Gasteiger partial charge in [-0.25, -0.2) is 8.42 Å². The fraction of sp³-hybridized carbons (Fsp3) is 0.235. The third kappa shape index (κ3) is 9.02. The number of carbonyl (C=O) groups is 2. The molecule has 0 heterocycles. The van der Waals surface area contributed by atoms with E-state index in [4.69, 9.17) is 34.8 Å². The molecule has 0 spiro atoms. The molecule has 0 aliphatic carbocycles. The SMILES string of the molecule is CCCNC(=O)[C@@H](Cc1ccccc1)N(Cc1c(Cl)cccc1Cl)C(=O)CN(c1cc(C(F)(F)F)ccc1Cl)S(=O)(=O)c1ccccc1. The molecule has 4 rings (SSSR count). The molecular formula is C34H31Cl3F3N3O4S. The maximum Gasteiger partial charge on any atom is 0.416 e. The molecule has 254 valence electrons. The zero-order valence-corrected chi connectivity index (χ0v) is 28.6. The largest absolute Gasteiger partial charge is 0.416 e. The van der Waals surface area contributed by atoms with Crippen LogP contribution in [-0.4, -0.2) is 44.3 Å². The Labute approximate surface area is 292 Å². The Morgan fingerprint density at radius 2 is 1.44 bits per heavy atom. The van der Waals surface area contributed by atoms with Gasteiger partial charge in [-0.2, -0.15) is 13.2 Å². The Hall–Kier alpha value is -3.77. The summed E-state index contributed by atoms with van der Waals surface area (Å²) in [6, 6.07) is 21.4. The van der Waals surface area contributed by atoms with Crippen molar-refractivity contribution in [3.8, 4) is 0 Å². The average Bonchev–Trinajstić information content (AvgIpc) is 3.05. The lowest BCUT2D eigenvalue weighted by Gasteiger charge is -2.34. The van der Waals surface area contributed by atoms with E-state index in [9.17, 15) is 31.2 Å². The normalized spacial score (nSPS) is 12.3. The number of nitrogens with zero attached hydrogens (tertiary/aromatic N) is 2. The third-order valence-electron chi connectivity index (χ3n) is 7.36. The molecule has 0 aliphatic heterocycles. The van der Waals surface area contributed by atoms with Crippen molar-refractivity contribution >= 4 is 62.3 Å². The van der Waals surface area contributed by atoms with Gasteiger partial charge in [-0.15, -0.1) is 0 Å². The number of benzene rings is 4. The molecule has 2 amide bonds. The van der Waals surface area contributed by atoms with Crippen molar-refractivity contribution in [2.45, 2.75) is 43.4 Å². The average molecular weight is 741 g/mol. The first-order chi connectivity index (χ1) is 22.7. The quantitative estimate of drug-likeness (QED) is 0.151. The highest BCUT2D eigenvalue weighted by molar-refractivity contribution is 7.92. The van der Waals surface area contributed by atoms with Gasteiger partial charge in [0.05, 0.1) is 21.2 Å². The summed E-state index contributed by atoms with van der Waals surface area (Å²) >= 11 is 19.3. The summed E-state index contributed by atoms with van der Waals surface area (Å²) < 4.78 is 70.2. The maximum atomic E-state index is 14.5. The van der Waals surface area contributed by atoms with E-state index in [1.807, 2.05) is 6.92 Å². The lowest BCUT2D eigenvalue weighted by molar-refractivity contribution is -0.140. The number of amides is 2. The summed E-state index contributed by atoms with van der Waals surface area (Å²) in [4.78, 5) is 29.1. The molecule has 4 aromatic carbocycles. The second kappa shape index (κ2) is 16.1. The molecule has 0 saturated heterocycles. The van der Waals surface area contributed by atoms with Gasteiger partial charge < -0.3 is 10.2 Å². The molecule has 0 fully saturated rings. The van der Waals surface area contributed by atoms with Crippen LogP contribution in [0, 0.1) is 0 Å². The molecule has 0 unspecified atom stereocenters. The molecule has 14 heteroatoms. The minimum absolute atomic E-state index is 0.0138. The Morgan fingerprint density at radius 3 is 2.02 bits per heavy atom. The Bertz CT molecular complexity index is 1830. The number of nitrogens with one attached hydrogen (secondary N) is 1. The first kappa shape index (κ1) is 37.1. The highest BCUT2D eigenvalue weighted by Crippen LogP contribution is 2.38. The van der Waals surface area contributed by atoms with E-state index < -0.39 is 51.9 Å². The van der Waals surface area contributed by atoms with Gasteiger partial charge in [-0.05, 0) is 54.4 Å². The van der Waals surface area contributed by atoms with Crippen LogP contribution in [0.1, 0.15) is 30.0 Å². The van der Waals surface area contributed by atoms with Gasteiger partial charge in [0.25, 0.3) is 10.0 Å². The lowest BCUT2D eigenvalue weighted by Crippen LogP contribution is -2.53. The summed E-state index contributed by atoms with van der Waals surface area (Å²) in [5, 5.41) is 2.82. The minimum Gasteiger partial charge on any atom is -0.354 e. The van der Waals surface area contributed by atoms with E-state index in [1.165, 1.54) is 24.3 Å². The third-order valence-corrected chi connectivity index (χ3v) is 10.2. The van der Waals surface area contributed by atoms with E-state index in [0.29, 0.717) is 28.4 Å². The highest BCUT2D eigenvalue weighted by Gasteiger charge is 2.37. The van der Waals surface area contributed by atoms with Crippen molar-refractivity contribution in [2.24, 2.45) is 0 Å². The van der Waals surface area contributed by atoms with Gasteiger partial charge in [-0.1, -0.05) is 96.3 Å². The van der Waals surface area contributed by atoms with Crippen molar-refractivity contribution < 1.29 is 31.2 Å². The van der Waals surface area contributed by atoms with Crippen LogP contribution in [0.15, 0.2) is 102 Å². The highest BCUT2D eigenvalue weighted by atomic mass is 35.5. The second-order valence-corrected chi connectivity index (χ2v) is 13.8. The van der Waals surface area contributed by atoms with Crippen molar-refractivity contribution in [2.75, 3.05) is 17.4 Å². The van der Waals surface area contributed by atoms with E-state index in [0.717, 1.165) is 11.0 Å². The molecule has 1 N–H and O–H groups in total. The van der Waals surface area contributed by atoms with Crippen molar-refractivity contribution in [3.05, 3.63) is 129 Å². The molecule has 0 bridgehead atoms. The van der Waals surface area contributed by atoms with E-state index in [2.05, 4.69) is 5.32 Å². The van der Waals surface area contributed by atoms with Gasteiger partial charge in [0.1, 0.15) is 12.6 Å². The molecule has 1 atom stereocenters. The topological polar surface area (TPSA) is 86.8 Å². The van der Waals surface area contributed by atoms with Gasteiger partial charge >= 0.3 is 6.18 Å². The minimum atomic E-state index is -4.85. The Kier molecular flexibility index (Phi) is 12.4. The number of carbonyl (C=O) groups excluding carboxylic acids is 2. The first-order valence-electron chi connectivity index (χ1n) is 14.7. The van der Waals surface area contributed by atoms with Crippen LogP contribution >= 0.6 is 34.8 Å². The van der Waals surface area contributed by atoms with E-state index in [-0.39, 0.29) is 45.0 Å². The molecular weight excluding hydrogens is 710 g/mol. The van der Waals surface area contributed by atoms with Gasteiger partial charge in [-0.3, -0.25) is 13.9 Å². The molecule has 0 aromatic heterocycles. The van der Waals surface area contributed by atoms with Gasteiger partial charge in [0.2, 0.25) is 11.8 Å². The van der Waals surface area contributed by atoms with Crippen molar-refractivity contribution in [1.82, 2.24) is 10.2 Å². The summed E-state index contributed by atoms with van der Waals surface area (Å²) in [5.41, 5.74) is -0.783. The Balaban J connectivity index is 1.89. The van der Waals surface area contributed by atoms with Gasteiger partial charge in [0, 0.05) is 35.1 Å². The molecule has 4 aromatic rings. The number of rotatable bonds is 13. The van der Waals surface area contributed by atoms with Crippen LogP contribution in [0.3, 0.4) is 0 Å². The molecule has 0 aliphatic rings. The van der Waals surface area contributed by atoms with E-state index >= 15 is 0 Å². The number of anilines is 1. The van der Waals surface area contributed by atoms with Crippen molar-refractivity contribution in [1.29, 1.82) is 0 Å². The van der Waals surface area contributed by atoms with Crippen LogP contribution in [0.4, 0.5) is 18.9 Å². The van der Waals surface area contributed by atoms with Crippen LogP contribution < -0.4 is 9.62 Å². The fourth-order valence-corrected chi connectivity index (χ4v) is 7.12. The van der Waals surface area contributed by atoms with Crippen LogP contribution in [0.25, 0.3) is 0 Å². The van der Waals surface area contributed by atoms with Gasteiger partial charge in [0.15, 0.2) is 0 Å². The zero-order chi connectivity index (χ0) is 35.1. The molecule has 0 radical (unpaired) electrons. The van der Waals surface area contributed by atoms with Crippen LogP contribution in [0.5, 0.6) is 0 Å². The first-order valence-corrected chi connectivity index (χ1v) is 17.3. The maximum absolute atomic E-state index is 14.5. The predicted molar refractivity (Wildman–Crippen MR) is 182 cm³/mol. The van der Waals surface area contributed by atoms with Crippen molar-refractivity contribution in [3.63, 3.8) is 0 Å². The molecule has 48 heavy (non-hydrogen) atoms. The number of hydrogen-bond acceptors (Lipinski definition) is 4. The predicted octanol–water partition coefficient (Wildman–Crippen LogP) is 8.03. The summed E-state index contributed by atoms with van der Waals surface area (Å²) in [6.45, 7) is 0.786. The molecule has 0 saturated carbocycles. The monoisotopic (exact) mass is 739 g/mol. The standard InChI is InChI=1S/C34H31Cl3F3N3O4S/c1-2-18-41-33(45)31(19-23-10-5-3-6-11-23)42(21-26-27(35)14-9-15-28(26)36)32(44)22-43(48(46,47)25-12-7-4-8-13-25)30-20-24(34(38,39)40)16-17-29(30)37/h3-17,20,31H,2,18-19,21-22H2,1H3,(H,41,45)/t31-/m1/s1. The smallest absolute Gasteiger partial charge is 0.354 e. The molecule has 7 nitrogen and oxygen atoms in total. The lowest BCUT2D eigenvalue weighted by atomic mass is 10.0. The number of halogens is 6. The number of hydrogen-bond donors (Lipinski definition) is 1. The summed E-state index contributed by atoms with van der Waals surface area (Å²) in [6.07, 6.45) is -4.25. The second-order valence-electron chi connectivity index (χ2n) is 10.7. The van der Waals surface area contributed by atoms with E-state index in [1.54, 1.807) is 54.6 Å². The summed E-state index contributed by atoms with van der Waals surface area (Å²) in [7, 11) is -4.69. The number of alkyl halides is 3. The fourth-order valence-electron chi connectivity index (χ4n) is 4.89. The number of sulfonamides is 1. The van der Waals surface area contributed by atoms with Crippen LogP contribution in [-0.2, 0) is 38.8 Å². The zero-order valence-electron chi connectivity index (χ0n) is 25.6. The van der Waals surface area contributed by atoms with Crippen LogP contribution in [0.2, 0.25) is 15.1 Å². The summed E-state index contributed by atoms with van der Waals surface area (Å²) in [5.74, 6) is -1.46.